The Hall–Kier alpha value is -1.64. The van der Waals surface area contributed by atoms with Gasteiger partial charge in [0.2, 0.25) is 10.0 Å². The first kappa shape index (κ1) is 15.4. The first-order valence-corrected chi connectivity index (χ1v) is 6.70. The van der Waals surface area contributed by atoms with Crippen LogP contribution in [0.15, 0.2) is 29.2 Å². The maximum absolute atomic E-state index is 12.0. The van der Waals surface area contributed by atoms with Crippen LogP contribution in [0.1, 0.15) is 0 Å². The van der Waals surface area contributed by atoms with Gasteiger partial charge in [0.15, 0.2) is 0 Å². The van der Waals surface area contributed by atoms with Gasteiger partial charge in [-0.25, -0.2) is 8.42 Å². The molecule has 1 aromatic rings. The molecular formula is C10H8ClNO6S-2. The van der Waals surface area contributed by atoms with Crippen LogP contribution in [0, 0.1) is 0 Å². The predicted octanol–water partition coefficient (Wildman–Crippen LogP) is -2.17. The molecule has 0 bridgehead atoms. The largest absolute Gasteiger partial charge is 0.549 e. The summed E-state index contributed by atoms with van der Waals surface area (Å²) in [5.41, 5.74) is 0. The van der Waals surface area contributed by atoms with Crippen molar-refractivity contribution in [3.63, 3.8) is 0 Å². The molecule has 104 valence electrons. The highest BCUT2D eigenvalue weighted by atomic mass is 35.5. The zero-order valence-electron chi connectivity index (χ0n) is 9.41. The lowest BCUT2D eigenvalue weighted by molar-refractivity contribution is -0.308. The first-order valence-electron chi connectivity index (χ1n) is 4.89. The van der Waals surface area contributed by atoms with Crippen molar-refractivity contribution in [2.75, 3.05) is 13.1 Å². The Morgan fingerprint density at radius 2 is 1.47 bits per heavy atom. The summed E-state index contributed by atoms with van der Waals surface area (Å²) < 4.78 is 24.3. The van der Waals surface area contributed by atoms with Crippen LogP contribution in [0.2, 0.25) is 5.02 Å². The number of benzene rings is 1. The fraction of sp³-hybridized carbons (Fsp3) is 0.200. The quantitative estimate of drug-likeness (QED) is 0.590. The second kappa shape index (κ2) is 6.00. The van der Waals surface area contributed by atoms with Crippen LogP contribution >= 0.6 is 11.6 Å². The van der Waals surface area contributed by atoms with Gasteiger partial charge in [-0.3, -0.25) is 0 Å². The molecule has 0 radical (unpaired) electrons. The third-order valence-corrected chi connectivity index (χ3v) is 4.12. The van der Waals surface area contributed by atoms with Crippen molar-refractivity contribution in [3.05, 3.63) is 29.3 Å². The summed E-state index contributed by atoms with van der Waals surface area (Å²) in [6.45, 7) is -2.17. The zero-order chi connectivity index (χ0) is 14.6. The van der Waals surface area contributed by atoms with Gasteiger partial charge in [0.05, 0.1) is 29.9 Å². The molecule has 0 heterocycles. The molecule has 9 heteroatoms. The Labute approximate surface area is 114 Å². The van der Waals surface area contributed by atoms with Gasteiger partial charge in [-0.1, -0.05) is 11.6 Å². The Morgan fingerprint density at radius 3 is 1.84 bits per heavy atom. The van der Waals surface area contributed by atoms with E-state index < -0.39 is 35.1 Å². The summed E-state index contributed by atoms with van der Waals surface area (Å²) in [5.74, 6) is -3.45. The predicted molar refractivity (Wildman–Crippen MR) is 60.2 cm³/mol. The van der Waals surface area contributed by atoms with Gasteiger partial charge in [-0.05, 0) is 24.3 Å². The molecule has 0 aliphatic heterocycles. The molecule has 0 aromatic heterocycles. The van der Waals surface area contributed by atoms with E-state index in [0.29, 0.717) is 0 Å². The van der Waals surface area contributed by atoms with E-state index in [0.717, 1.165) is 12.1 Å². The smallest absolute Gasteiger partial charge is 0.243 e. The van der Waals surface area contributed by atoms with Crippen LogP contribution < -0.4 is 10.2 Å². The summed E-state index contributed by atoms with van der Waals surface area (Å²) in [6.07, 6.45) is 0. The van der Waals surface area contributed by atoms with Gasteiger partial charge in [-0.15, -0.1) is 0 Å². The number of carboxylic acid groups (broad SMARTS) is 2. The van der Waals surface area contributed by atoms with Crippen molar-refractivity contribution in [2.24, 2.45) is 0 Å². The van der Waals surface area contributed by atoms with Crippen LogP contribution in [0.3, 0.4) is 0 Å². The lowest BCUT2D eigenvalue weighted by Gasteiger charge is -2.22. The van der Waals surface area contributed by atoms with Crippen molar-refractivity contribution in [2.45, 2.75) is 4.90 Å². The van der Waals surface area contributed by atoms with E-state index in [1.807, 2.05) is 0 Å². The maximum atomic E-state index is 12.0. The molecule has 19 heavy (non-hydrogen) atoms. The lowest BCUT2D eigenvalue weighted by atomic mass is 10.4. The van der Waals surface area contributed by atoms with Gasteiger partial charge < -0.3 is 19.8 Å². The molecule has 0 amide bonds. The number of rotatable bonds is 6. The monoisotopic (exact) mass is 305 g/mol. The van der Waals surface area contributed by atoms with Gasteiger partial charge in [0.25, 0.3) is 0 Å². The standard InChI is InChI=1S/C10H10ClNO6S/c11-7-1-3-8(4-2-7)19(17,18)12(5-9(13)14)6-10(15)16/h1-4H,5-6H2,(H,13,14)(H,15,16)/p-2. The number of aliphatic carboxylic acids is 2. The lowest BCUT2D eigenvalue weighted by Crippen LogP contribution is -2.46. The van der Waals surface area contributed by atoms with E-state index in [2.05, 4.69) is 0 Å². The Bertz CT molecular complexity index is 567. The molecule has 0 aliphatic carbocycles. The minimum absolute atomic E-state index is 0.237. The molecule has 0 saturated heterocycles. The molecule has 0 spiro atoms. The highest BCUT2D eigenvalue weighted by Gasteiger charge is 2.24. The minimum atomic E-state index is -4.27. The molecule has 1 rings (SSSR count). The van der Waals surface area contributed by atoms with E-state index >= 15 is 0 Å². The second-order valence-corrected chi connectivity index (χ2v) is 5.85. The van der Waals surface area contributed by atoms with Crippen LogP contribution in [-0.4, -0.2) is 37.8 Å². The number of sulfonamides is 1. The topological polar surface area (TPSA) is 118 Å². The van der Waals surface area contributed by atoms with E-state index in [4.69, 9.17) is 11.6 Å². The third kappa shape index (κ3) is 4.19. The maximum Gasteiger partial charge on any atom is 0.243 e. The Morgan fingerprint density at radius 1 is 1.05 bits per heavy atom. The van der Waals surface area contributed by atoms with Crippen molar-refractivity contribution < 1.29 is 28.2 Å². The molecule has 1 aromatic carbocycles. The van der Waals surface area contributed by atoms with Gasteiger partial charge >= 0.3 is 0 Å². The van der Waals surface area contributed by atoms with Crippen molar-refractivity contribution in [1.29, 1.82) is 0 Å². The highest BCUT2D eigenvalue weighted by Crippen LogP contribution is 2.18. The van der Waals surface area contributed by atoms with Crippen LogP contribution in [-0.2, 0) is 19.6 Å². The molecule has 0 fully saturated rings. The second-order valence-electron chi connectivity index (χ2n) is 3.47. The van der Waals surface area contributed by atoms with E-state index in [9.17, 15) is 28.2 Å². The molecule has 0 atom stereocenters. The van der Waals surface area contributed by atoms with Crippen molar-refractivity contribution >= 4 is 33.6 Å². The fourth-order valence-corrected chi connectivity index (χ4v) is 2.72. The first-order chi connectivity index (χ1) is 8.73. The summed E-state index contributed by atoms with van der Waals surface area (Å²) in [6, 6.07) is 4.83. The fourth-order valence-electron chi connectivity index (χ4n) is 1.27. The Kier molecular flexibility index (Phi) is 4.87. The Balaban J connectivity index is 3.14. The number of hydrogen-bond acceptors (Lipinski definition) is 6. The summed E-state index contributed by atoms with van der Waals surface area (Å²) in [4.78, 5) is 20.7. The van der Waals surface area contributed by atoms with E-state index in [-0.39, 0.29) is 14.2 Å². The van der Waals surface area contributed by atoms with E-state index in [1.165, 1.54) is 12.1 Å². The number of carbonyl (C=O) groups is 2. The number of carbonyl (C=O) groups excluding carboxylic acids is 2. The number of carboxylic acids is 2. The number of nitrogens with zero attached hydrogens (tertiary/aromatic N) is 1. The normalized spacial score (nSPS) is 11.5. The molecular weight excluding hydrogens is 298 g/mol. The zero-order valence-corrected chi connectivity index (χ0v) is 11.0. The molecule has 0 N–H and O–H groups in total. The number of halogens is 1. The van der Waals surface area contributed by atoms with Crippen molar-refractivity contribution in [3.8, 4) is 0 Å². The molecule has 0 aliphatic rings. The minimum Gasteiger partial charge on any atom is -0.549 e. The van der Waals surface area contributed by atoms with E-state index in [1.54, 1.807) is 0 Å². The third-order valence-electron chi connectivity index (χ3n) is 2.06. The van der Waals surface area contributed by atoms with Crippen LogP contribution in [0.4, 0.5) is 0 Å². The molecule has 0 saturated carbocycles. The summed E-state index contributed by atoms with van der Waals surface area (Å²) >= 11 is 5.59. The van der Waals surface area contributed by atoms with Gasteiger partial charge in [0, 0.05) is 5.02 Å². The summed E-state index contributed by atoms with van der Waals surface area (Å²) in [5, 5.41) is 21.2. The molecule has 0 unspecified atom stereocenters. The average molecular weight is 306 g/mol. The SMILES string of the molecule is O=C([O-])CN(CC(=O)[O-])S(=O)(=O)c1ccc(Cl)cc1. The van der Waals surface area contributed by atoms with Gasteiger partial charge in [0.1, 0.15) is 0 Å². The van der Waals surface area contributed by atoms with Crippen LogP contribution in [0.5, 0.6) is 0 Å². The van der Waals surface area contributed by atoms with Crippen molar-refractivity contribution in [1.82, 2.24) is 4.31 Å². The summed E-state index contributed by atoms with van der Waals surface area (Å²) in [7, 11) is -4.27. The average Bonchev–Trinajstić information content (AvgIpc) is 2.27. The van der Waals surface area contributed by atoms with Crippen LogP contribution in [0.25, 0.3) is 0 Å². The highest BCUT2D eigenvalue weighted by molar-refractivity contribution is 7.89. The van der Waals surface area contributed by atoms with Gasteiger partial charge in [-0.2, -0.15) is 4.31 Å². The molecule has 7 nitrogen and oxygen atoms in total. The number of hydrogen-bond donors (Lipinski definition) is 0.